The molecule has 1 aromatic carbocycles. The zero-order valence-corrected chi connectivity index (χ0v) is 15.4. The Labute approximate surface area is 156 Å². The van der Waals surface area contributed by atoms with Crippen LogP contribution >= 0.6 is 11.3 Å². The molecule has 2 aliphatic rings. The van der Waals surface area contributed by atoms with Crippen molar-refractivity contribution in [3.63, 3.8) is 0 Å². The molecule has 0 amide bonds. The Morgan fingerprint density at radius 1 is 1.38 bits per heavy atom. The molecule has 0 saturated carbocycles. The summed E-state index contributed by atoms with van der Waals surface area (Å²) in [5.74, 6) is 1.34. The quantitative estimate of drug-likeness (QED) is 0.840. The van der Waals surface area contributed by atoms with E-state index in [2.05, 4.69) is 4.98 Å². The molecule has 2 aromatic rings. The normalized spacial score (nSPS) is 20.3. The molecule has 6 nitrogen and oxygen atoms in total. The predicted octanol–water partition coefficient (Wildman–Crippen LogP) is 3.56. The van der Waals surface area contributed by atoms with Gasteiger partial charge in [0, 0.05) is 24.1 Å². The van der Waals surface area contributed by atoms with Gasteiger partial charge in [-0.2, -0.15) is 0 Å². The average molecular weight is 371 g/mol. The highest BCUT2D eigenvalue weighted by atomic mass is 32.1. The number of amidine groups is 1. The third kappa shape index (κ3) is 3.20. The summed E-state index contributed by atoms with van der Waals surface area (Å²) >= 11 is 1.44. The Hall–Kier alpha value is -2.38. The zero-order valence-electron chi connectivity index (χ0n) is 14.6. The van der Waals surface area contributed by atoms with Crippen molar-refractivity contribution in [3.8, 4) is 17.0 Å². The van der Waals surface area contributed by atoms with E-state index in [1.165, 1.54) is 11.3 Å². The topological polar surface area (TPSA) is 78.7 Å². The molecule has 2 N–H and O–H groups in total. The lowest BCUT2D eigenvalue weighted by Crippen LogP contribution is -2.34. The fraction of sp³-hybridized carbons (Fsp3) is 0.368. The summed E-state index contributed by atoms with van der Waals surface area (Å²) in [6.45, 7) is 1.78. The van der Waals surface area contributed by atoms with E-state index in [0.29, 0.717) is 29.5 Å². The van der Waals surface area contributed by atoms with Crippen LogP contribution in [0.5, 0.6) is 5.75 Å². The molecule has 7 heteroatoms. The first-order valence-corrected chi connectivity index (χ1v) is 9.51. The summed E-state index contributed by atoms with van der Waals surface area (Å²) in [6.07, 6.45) is 2.22. The largest absolute Gasteiger partial charge is 0.510 e. The highest BCUT2D eigenvalue weighted by Gasteiger charge is 2.32. The van der Waals surface area contributed by atoms with Gasteiger partial charge in [-0.3, -0.25) is 5.41 Å². The second-order valence-electron chi connectivity index (χ2n) is 6.45. The summed E-state index contributed by atoms with van der Waals surface area (Å²) < 4.78 is 10.8. The standard InChI is InChI=1S/C19H21N3O3S/c1-24-13-6-4-12(5-7-13)15-11-26-19(21-15)17-16(23)10-22(18(17)20)9-14-3-2-8-25-14/h4-7,11,14,20,23H,2-3,8-10H2,1H3. The fourth-order valence-electron chi connectivity index (χ4n) is 3.33. The van der Waals surface area contributed by atoms with Crippen LogP contribution < -0.4 is 4.74 Å². The highest BCUT2D eigenvalue weighted by Crippen LogP contribution is 2.33. The van der Waals surface area contributed by atoms with E-state index < -0.39 is 0 Å². The molecule has 0 aliphatic carbocycles. The van der Waals surface area contributed by atoms with Crippen molar-refractivity contribution in [3.05, 3.63) is 40.4 Å². The van der Waals surface area contributed by atoms with Crippen LogP contribution in [-0.4, -0.2) is 53.7 Å². The number of methoxy groups -OCH3 is 1. The Balaban J connectivity index is 1.52. The smallest absolute Gasteiger partial charge is 0.135 e. The van der Waals surface area contributed by atoms with Crippen molar-refractivity contribution in [1.29, 1.82) is 5.41 Å². The first kappa shape index (κ1) is 17.1. The van der Waals surface area contributed by atoms with Crippen molar-refractivity contribution in [2.24, 2.45) is 0 Å². The Morgan fingerprint density at radius 2 is 2.19 bits per heavy atom. The second kappa shape index (κ2) is 7.09. The van der Waals surface area contributed by atoms with E-state index >= 15 is 0 Å². The molecule has 1 saturated heterocycles. The number of hydrogen-bond donors (Lipinski definition) is 2. The number of nitrogens with one attached hydrogen (secondary N) is 1. The average Bonchev–Trinajstić information content (AvgIpc) is 3.38. The number of benzene rings is 1. The van der Waals surface area contributed by atoms with E-state index in [4.69, 9.17) is 14.9 Å². The summed E-state index contributed by atoms with van der Waals surface area (Å²) in [5, 5.41) is 21.5. The fourth-order valence-corrected chi connectivity index (χ4v) is 4.23. The van der Waals surface area contributed by atoms with Gasteiger partial charge in [0.15, 0.2) is 0 Å². The minimum Gasteiger partial charge on any atom is -0.510 e. The Kier molecular flexibility index (Phi) is 4.65. The highest BCUT2D eigenvalue weighted by molar-refractivity contribution is 7.11. The van der Waals surface area contributed by atoms with E-state index in [0.717, 1.165) is 36.5 Å². The minimum absolute atomic E-state index is 0.147. The summed E-state index contributed by atoms with van der Waals surface area (Å²) in [7, 11) is 1.64. The maximum atomic E-state index is 10.4. The number of aliphatic hydroxyl groups is 1. The number of thiazole rings is 1. The van der Waals surface area contributed by atoms with Crippen LogP contribution in [0.2, 0.25) is 0 Å². The molecule has 0 radical (unpaired) electrons. The van der Waals surface area contributed by atoms with Gasteiger partial charge < -0.3 is 19.5 Å². The van der Waals surface area contributed by atoms with Gasteiger partial charge in [0.2, 0.25) is 0 Å². The SMILES string of the molecule is COc1ccc(-c2csc(C3=C(O)CN(CC4CCCO4)C3=N)n2)cc1. The predicted molar refractivity (Wildman–Crippen MR) is 102 cm³/mol. The Morgan fingerprint density at radius 3 is 2.88 bits per heavy atom. The van der Waals surface area contributed by atoms with E-state index in [-0.39, 0.29) is 11.9 Å². The summed E-state index contributed by atoms with van der Waals surface area (Å²) in [4.78, 5) is 6.52. The van der Waals surface area contributed by atoms with Crippen LogP contribution in [0.3, 0.4) is 0 Å². The third-order valence-corrected chi connectivity index (χ3v) is 5.59. The number of hydrogen-bond acceptors (Lipinski definition) is 6. The van der Waals surface area contributed by atoms with Gasteiger partial charge in [0.25, 0.3) is 0 Å². The summed E-state index contributed by atoms with van der Waals surface area (Å²) in [5.41, 5.74) is 2.35. The molecule has 3 heterocycles. The molecule has 4 rings (SSSR count). The van der Waals surface area contributed by atoms with Crippen LogP contribution in [0.25, 0.3) is 16.8 Å². The van der Waals surface area contributed by atoms with Crippen LogP contribution in [0, 0.1) is 5.41 Å². The lowest BCUT2D eigenvalue weighted by Gasteiger charge is -2.21. The monoisotopic (exact) mass is 371 g/mol. The second-order valence-corrected chi connectivity index (χ2v) is 7.31. The molecule has 26 heavy (non-hydrogen) atoms. The lowest BCUT2D eigenvalue weighted by atomic mass is 10.1. The maximum Gasteiger partial charge on any atom is 0.135 e. The number of aromatic nitrogens is 1. The number of ether oxygens (including phenoxy) is 2. The molecule has 1 fully saturated rings. The van der Waals surface area contributed by atoms with Crippen LogP contribution in [-0.2, 0) is 4.74 Å². The van der Waals surface area contributed by atoms with Crippen LogP contribution in [0.15, 0.2) is 35.4 Å². The molecule has 0 spiro atoms. The molecule has 1 unspecified atom stereocenters. The van der Waals surface area contributed by atoms with Crippen LogP contribution in [0.4, 0.5) is 0 Å². The molecular formula is C19H21N3O3S. The lowest BCUT2D eigenvalue weighted by molar-refractivity contribution is 0.0924. The first-order valence-electron chi connectivity index (χ1n) is 8.63. The van der Waals surface area contributed by atoms with Gasteiger partial charge in [-0.25, -0.2) is 4.98 Å². The number of nitrogens with zero attached hydrogens (tertiary/aromatic N) is 2. The maximum absolute atomic E-state index is 10.4. The number of aliphatic hydroxyl groups excluding tert-OH is 1. The van der Waals surface area contributed by atoms with Gasteiger partial charge in [-0.05, 0) is 37.1 Å². The van der Waals surface area contributed by atoms with Crippen LogP contribution in [0.1, 0.15) is 17.8 Å². The van der Waals surface area contributed by atoms with Crippen molar-refractivity contribution in [2.75, 3.05) is 26.8 Å². The molecule has 0 bridgehead atoms. The van der Waals surface area contributed by atoms with E-state index in [9.17, 15) is 5.11 Å². The van der Waals surface area contributed by atoms with Crippen molar-refractivity contribution < 1.29 is 14.6 Å². The van der Waals surface area contributed by atoms with Crippen molar-refractivity contribution in [1.82, 2.24) is 9.88 Å². The molecule has 1 aromatic heterocycles. The van der Waals surface area contributed by atoms with Gasteiger partial charge in [-0.15, -0.1) is 11.3 Å². The van der Waals surface area contributed by atoms with Crippen molar-refractivity contribution >= 4 is 22.7 Å². The molecule has 136 valence electrons. The minimum atomic E-state index is 0.147. The van der Waals surface area contributed by atoms with E-state index in [1.54, 1.807) is 7.11 Å². The molecule has 1 atom stereocenters. The third-order valence-electron chi connectivity index (χ3n) is 4.73. The van der Waals surface area contributed by atoms with Gasteiger partial charge in [0.05, 0.1) is 31.0 Å². The first-order chi connectivity index (χ1) is 12.7. The Bertz CT molecular complexity index is 838. The van der Waals surface area contributed by atoms with Gasteiger partial charge in [-0.1, -0.05) is 0 Å². The molecule has 2 aliphatic heterocycles. The van der Waals surface area contributed by atoms with E-state index in [1.807, 2.05) is 34.5 Å². The summed E-state index contributed by atoms with van der Waals surface area (Å²) in [6, 6.07) is 7.70. The molecular weight excluding hydrogens is 350 g/mol. The number of rotatable bonds is 5. The van der Waals surface area contributed by atoms with Gasteiger partial charge >= 0.3 is 0 Å². The zero-order chi connectivity index (χ0) is 18.1. The van der Waals surface area contributed by atoms with Crippen molar-refractivity contribution in [2.45, 2.75) is 18.9 Å². The van der Waals surface area contributed by atoms with Gasteiger partial charge in [0.1, 0.15) is 22.4 Å².